The van der Waals surface area contributed by atoms with E-state index >= 15 is 0 Å². The predicted octanol–water partition coefficient (Wildman–Crippen LogP) is 4.73. The fourth-order valence-electron chi connectivity index (χ4n) is 3.62. The third-order valence-electron chi connectivity index (χ3n) is 5.34. The number of hydrogen-bond donors (Lipinski definition) is 2. The van der Waals surface area contributed by atoms with E-state index in [1.165, 1.54) is 22.3 Å². The first-order valence-corrected chi connectivity index (χ1v) is 10.5. The Balaban J connectivity index is 0.00000320. The summed E-state index contributed by atoms with van der Waals surface area (Å²) in [5.41, 5.74) is 4.97. The van der Waals surface area contributed by atoms with Crippen LogP contribution in [0.5, 0.6) is 0 Å². The van der Waals surface area contributed by atoms with E-state index in [1.807, 2.05) is 0 Å². The summed E-state index contributed by atoms with van der Waals surface area (Å²) in [5, 5.41) is 6.90. The summed E-state index contributed by atoms with van der Waals surface area (Å²) >= 11 is 0. The number of hydrogen-bond acceptors (Lipinski definition) is 3. The molecule has 1 aliphatic heterocycles. The molecule has 1 atom stereocenters. The molecular formula is C24H34IN3O2. The maximum Gasteiger partial charge on any atom is 0.191 e. The minimum absolute atomic E-state index is 0. The summed E-state index contributed by atoms with van der Waals surface area (Å²) in [6, 6.07) is 17.2. The van der Waals surface area contributed by atoms with Crippen LogP contribution in [0.3, 0.4) is 0 Å². The Morgan fingerprint density at radius 3 is 2.60 bits per heavy atom. The van der Waals surface area contributed by atoms with Crippen molar-refractivity contribution < 1.29 is 9.47 Å². The molecule has 0 saturated carbocycles. The van der Waals surface area contributed by atoms with Gasteiger partial charge < -0.3 is 20.1 Å². The highest BCUT2D eigenvalue weighted by molar-refractivity contribution is 14.0. The van der Waals surface area contributed by atoms with Crippen LogP contribution in [-0.4, -0.2) is 32.3 Å². The summed E-state index contributed by atoms with van der Waals surface area (Å²) in [7, 11) is 1.80. The van der Waals surface area contributed by atoms with Gasteiger partial charge >= 0.3 is 0 Å². The Kier molecular flexibility index (Phi) is 10.6. The van der Waals surface area contributed by atoms with Gasteiger partial charge in [0, 0.05) is 26.8 Å². The molecule has 2 aromatic carbocycles. The Morgan fingerprint density at radius 2 is 1.87 bits per heavy atom. The first kappa shape index (κ1) is 24.6. The van der Waals surface area contributed by atoms with E-state index in [-0.39, 0.29) is 30.0 Å². The molecule has 30 heavy (non-hydrogen) atoms. The van der Waals surface area contributed by atoms with Crippen molar-refractivity contribution in [2.45, 2.75) is 52.0 Å². The number of halogens is 1. The summed E-state index contributed by atoms with van der Waals surface area (Å²) < 4.78 is 11.4. The second-order valence-electron chi connectivity index (χ2n) is 7.59. The molecule has 0 radical (unpaired) electrons. The minimum atomic E-state index is 0. The Morgan fingerprint density at radius 1 is 1.13 bits per heavy atom. The van der Waals surface area contributed by atoms with E-state index in [4.69, 9.17) is 9.47 Å². The van der Waals surface area contributed by atoms with Gasteiger partial charge in [0.25, 0.3) is 0 Å². The third-order valence-corrected chi connectivity index (χ3v) is 5.34. The lowest BCUT2D eigenvalue weighted by atomic mass is 10.0. The highest BCUT2D eigenvalue weighted by Crippen LogP contribution is 2.17. The predicted molar refractivity (Wildman–Crippen MR) is 133 cm³/mol. The number of nitrogens with one attached hydrogen (secondary N) is 2. The average Bonchev–Trinajstić information content (AvgIpc) is 2.76. The zero-order valence-electron chi connectivity index (χ0n) is 18.2. The van der Waals surface area contributed by atoms with Gasteiger partial charge in [-0.05, 0) is 48.9 Å². The molecule has 2 N–H and O–H groups in total. The van der Waals surface area contributed by atoms with Crippen molar-refractivity contribution in [1.82, 2.24) is 10.6 Å². The van der Waals surface area contributed by atoms with E-state index in [2.05, 4.69) is 78.0 Å². The maximum atomic E-state index is 6.05. The van der Waals surface area contributed by atoms with Crippen molar-refractivity contribution in [3.63, 3.8) is 0 Å². The molecule has 1 aliphatic rings. The summed E-state index contributed by atoms with van der Waals surface area (Å²) in [5.74, 6) is 0.796. The molecule has 1 fully saturated rings. The van der Waals surface area contributed by atoms with Crippen molar-refractivity contribution in [1.29, 1.82) is 0 Å². The van der Waals surface area contributed by atoms with Crippen molar-refractivity contribution in [3.8, 4) is 0 Å². The normalized spacial score (nSPS) is 15.9. The van der Waals surface area contributed by atoms with Gasteiger partial charge in [0.2, 0.25) is 0 Å². The van der Waals surface area contributed by atoms with E-state index in [9.17, 15) is 0 Å². The Bertz CT molecular complexity index is 807. The van der Waals surface area contributed by atoms with Crippen LogP contribution in [0.25, 0.3) is 0 Å². The highest BCUT2D eigenvalue weighted by atomic mass is 127. The first-order valence-electron chi connectivity index (χ1n) is 10.5. The first-order chi connectivity index (χ1) is 14.2. The number of guanidine groups is 1. The standard InChI is InChI=1S/C24H33N3O2.HI/c1-18-7-4-5-10-23(18)19(2)27-24(25-3)26-16-20-8-6-9-21(15-20)17-29-22-11-13-28-14-12-22;/h4-10,15,19,22H,11-14,16-17H2,1-3H3,(H2,25,26,27);1H. The molecule has 6 heteroatoms. The second-order valence-corrected chi connectivity index (χ2v) is 7.59. The van der Waals surface area contributed by atoms with Crippen LogP contribution in [0.15, 0.2) is 53.5 Å². The van der Waals surface area contributed by atoms with Gasteiger partial charge in [-0.1, -0.05) is 48.5 Å². The van der Waals surface area contributed by atoms with E-state index in [0.29, 0.717) is 19.3 Å². The van der Waals surface area contributed by atoms with Gasteiger partial charge in [-0.25, -0.2) is 0 Å². The molecule has 0 bridgehead atoms. The highest BCUT2D eigenvalue weighted by Gasteiger charge is 2.14. The summed E-state index contributed by atoms with van der Waals surface area (Å²) in [4.78, 5) is 4.38. The van der Waals surface area contributed by atoms with Crippen LogP contribution >= 0.6 is 24.0 Å². The van der Waals surface area contributed by atoms with Gasteiger partial charge in [-0.2, -0.15) is 0 Å². The SMILES string of the molecule is CN=C(NCc1cccc(COC2CCOCC2)c1)NC(C)c1ccccc1C.I. The molecule has 1 heterocycles. The largest absolute Gasteiger partial charge is 0.381 e. The van der Waals surface area contributed by atoms with Gasteiger partial charge in [-0.15, -0.1) is 24.0 Å². The number of benzene rings is 2. The summed E-state index contributed by atoms with van der Waals surface area (Å²) in [6.07, 6.45) is 2.29. The molecule has 0 amide bonds. The third kappa shape index (κ3) is 7.56. The van der Waals surface area contributed by atoms with Gasteiger partial charge in [-0.3, -0.25) is 4.99 Å². The van der Waals surface area contributed by atoms with Crippen molar-refractivity contribution in [2.75, 3.05) is 20.3 Å². The number of aryl methyl sites for hydroxylation is 1. The Labute approximate surface area is 197 Å². The number of rotatable bonds is 7. The zero-order chi connectivity index (χ0) is 20.5. The van der Waals surface area contributed by atoms with Crippen molar-refractivity contribution in [3.05, 3.63) is 70.8 Å². The molecule has 164 valence electrons. The van der Waals surface area contributed by atoms with Crippen LogP contribution in [0.2, 0.25) is 0 Å². The van der Waals surface area contributed by atoms with Crippen LogP contribution in [0.4, 0.5) is 0 Å². The van der Waals surface area contributed by atoms with Gasteiger partial charge in [0.1, 0.15) is 0 Å². The lowest BCUT2D eigenvalue weighted by molar-refractivity contribution is -0.0390. The van der Waals surface area contributed by atoms with E-state index in [1.54, 1.807) is 7.05 Å². The van der Waals surface area contributed by atoms with Crippen LogP contribution in [0, 0.1) is 6.92 Å². The van der Waals surface area contributed by atoms with Gasteiger partial charge in [0.05, 0.1) is 18.8 Å². The summed E-state index contributed by atoms with van der Waals surface area (Å²) in [6.45, 7) is 7.27. The van der Waals surface area contributed by atoms with Crippen LogP contribution in [-0.2, 0) is 22.6 Å². The fourth-order valence-corrected chi connectivity index (χ4v) is 3.62. The number of aliphatic imine (C=N–C) groups is 1. The van der Waals surface area contributed by atoms with Crippen molar-refractivity contribution in [2.24, 2.45) is 4.99 Å². The number of ether oxygens (including phenoxy) is 2. The monoisotopic (exact) mass is 523 g/mol. The molecule has 0 spiro atoms. The van der Waals surface area contributed by atoms with Crippen molar-refractivity contribution >= 4 is 29.9 Å². The number of nitrogens with zero attached hydrogens (tertiary/aromatic N) is 1. The molecule has 2 aromatic rings. The molecule has 5 nitrogen and oxygen atoms in total. The average molecular weight is 523 g/mol. The maximum absolute atomic E-state index is 6.05. The topological polar surface area (TPSA) is 54.9 Å². The Hall–Kier alpha value is -1.64. The van der Waals surface area contributed by atoms with Crippen LogP contribution < -0.4 is 10.6 Å². The molecule has 1 unspecified atom stereocenters. The minimum Gasteiger partial charge on any atom is -0.381 e. The zero-order valence-corrected chi connectivity index (χ0v) is 20.5. The molecular weight excluding hydrogens is 489 g/mol. The van der Waals surface area contributed by atoms with Gasteiger partial charge in [0.15, 0.2) is 5.96 Å². The van der Waals surface area contributed by atoms with E-state index in [0.717, 1.165) is 32.0 Å². The van der Waals surface area contributed by atoms with Crippen LogP contribution in [0.1, 0.15) is 48.1 Å². The molecule has 1 saturated heterocycles. The molecule has 0 aliphatic carbocycles. The second kappa shape index (κ2) is 12.9. The molecule has 0 aromatic heterocycles. The quantitative estimate of drug-likeness (QED) is 0.313. The van der Waals surface area contributed by atoms with E-state index < -0.39 is 0 Å². The fraction of sp³-hybridized carbons (Fsp3) is 0.458. The lowest BCUT2D eigenvalue weighted by Crippen LogP contribution is -2.38. The smallest absolute Gasteiger partial charge is 0.191 e. The lowest BCUT2D eigenvalue weighted by Gasteiger charge is -2.22. The molecule has 3 rings (SSSR count).